The molecule has 0 spiro atoms. The number of carbonyl (C=O) groups is 1. The van der Waals surface area contributed by atoms with Gasteiger partial charge < -0.3 is 10.4 Å². The molecule has 0 aromatic rings. The van der Waals surface area contributed by atoms with E-state index in [9.17, 15) is 9.90 Å². The molecule has 19 heavy (non-hydrogen) atoms. The van der Waals surface area contributed by atoms with E-state index in [2.05, 4.69) is 19.2 Å². The van der Waals surface area contributed by atoms with E-state index in [-0.39, 0.29) is 0 Å². The first-order valence-corrected chi connectivity index (χ1v) is 7.93. The first-order chi connectivity index (χ1) is 8.96. The molecule has 3 heteroatoms. The monoisotopic (exact) mass is 269 g/mol. The molecule has 1 saturated carbocycles. The summed E-state index contributed by atoms with van der Waals surface area (Å²) in [5.74, 6) is 0.807. The van der Waals surface area contributed by atoms with Crippen LogP contribution in [0.4, 0.5) is 0 Å². The summed E-state index contributed by atoms with van der Waals surface area (Å²) in [4.78, 5) is 11.5. The van der Waals surface area contributed by atoms with Gasteiger partial charge in [-0.15, -0.1) is 0 Å². The molecule has 3 unspecified atom stereocenters. The van der Waals surface area contributed by atoms with Crippen LogP contribution in [0.15, 0.2) is 0 Å². The predicted octanol–water partition coefficient (Wildman–Crippen LogP) is 3.68. The third kappa shape index (κ3) is 3.95. The Hall–Kier alpha value is -0.570. The standard InChI is InChI=1S/C16H31NO2/c1-5-16(6-2,15(18)19)11-17-13(4)14-10-8-7-9-12(14)3/h12-14,17H,5-11H2,1-4H3,(H,18,19). The fraction of sp³-hybridized carbons (Fsp3) is 0.938. The summed E-state index contributed by atoms with van der Waals surface area (Å²) in [6.45, 7) is 9.12. The molecule has 0 amide bonds. The van der Waals surface area contributed by atoms with Gasteiger partial charge >= 0.3 is 5.97 Å². The maximum absolute atomic E-state index is 11.5. The molecule has 3 atom stereocenters. The Morgan fingerprint density at radius 1 is 1.32 bits per heavy atom. The molecule has 1 fully saturated rings. The molecule has 1 rings (SSSR count). The van der Waals surface area contributed by atoms with Crippen LogP contribution in [-0.2, 0) is 4.79 Å². The van der Waals surface area contributed by atoms with Gasteiger partial charge in [-0.05, 0) is 38.0 Å². The molecule has 0 heterocycles. The quantitative estimate of drug-likeness (QED) is 0.741. The van der Waals surface area contributed by atoms with Crippen LogP contribution in [0.3, 0.4) is 0 Å². The van der Waals surface area contributed by atoms with Crippen LogP contribution >= 0.6 is 0 Å². The lowest BCUT2D eigenvalue weighted by molar-refractivity contribution is -0.149. The molecule has 3 nitrogen and oxygen atoms in total. The maximum Gasteiger partial charge on any atom is 0.310 e. The van der Waals surface area contributed by atoms with E-state index in [4.69, 9.17) is 0 Å². The number of carboxylic acids is 1. The predicted molar refractivity (Wildman–Crippen MR) is 79.2 cm³/mol. The van der Waals surface area contributed by atoms with E-state index in [1.807, 2.05) is 13.8 Å². The summed E-state index contributed by atoms with van der Waals surface area (Å²) in [6.07, 6.45) is 6.67. The molecule has 0 radical (unpaired) electrons. The molecule has 1 aliphatic carbocycles. The van der Waals surface area contributed by atoms with Crippen molar-refractivity contribution < 1.29 is 9.90 Å². The Balaban J connectivity index is 2.56. The van der Waals surface area contributed by atoms with Gasteiger partial charge in [-0.3, -0.25) is 4.79 Å². The van der Waals surface area contributed by atoms with Gasteiger partial charge in [0.05, 0.1) is 5.41 Å². The van der Waals surface area contributed by atoms with E-state index in [0.29, 0.717) is 31.3 Å². The highest BCUT2D eigenvalue weighted by molar-refractivity contribution is 5.74. The van der Waals surface area contributed by atoms with Crippen molar-refractivity contribution in [3.05, 3.63) is 0 Å². The largest absolute Gasteiger partial charge is 0.481 e. The molecule has 0 saturated heterocycles. The molecule has 2 N–H and O–H groups in total. The van der Waals surface area contributed by atoms with Crippen LogP contribution in [0.1, 0.15) is 66.2 Å². The van der Waals surface area contributed by atoms with Crippen LogP contribution in [-0.4, -0.2) is 23.7 Å². The molecule has 1 aliphatic rings. The van der Waals surface area contributed by atoms with E-state index >= 15 is 0 Å². The van der Waals surface area contributed by atoms with Gasteiger partial charge in [0.2, 0.25) is 0 Å². The average Bonchev–Trinajstić information content (AvgIpc) is 2.40. The Kier molecular flexibility index (Phi) is 6.31. The zero-order chi connectivity index (χ0) is 14.5. The zero-order valence-corrected chi connectivity index (χ0v) is 13.0. The van der Waals surface area contributed by atoms with Crippen molar-refractivity contribution in [3.63, 3.8) is 0 Å². The highest BCUT2D eigenvalue weighted by atomic mass is 16.4. The van der Waals surface area contributed by atoms with Crippen molar-refractivity contribution >= 4 is 5.97 Å². The molecule has 0 aliphatic heterocycles. The average molecular weight is 269 g/mol. The lowest BCUT2D eigenvalue weighted by Crippen LogP contribution is -2.46. The summed E-state index contributed by atoms with van der Waals surface area (Å²) in [7, 11) is 0. The van der Waals surface area contributed by atoms with Gasteiger partial charge in [-0.25, -0.2) is 0 Å². The van der Waals surface area contributed by atoms with Crippen molar-refractivity contribution in [2.75, 3.05) is 6.54 Å². The SMILES string of the molecule is CCC(CC)(CNC(C)C1CCCCC1C)C(=O)O. The minimum atomic E-state index is -0.658. The summed E-state index contributed by atoms with van der Waals surface area (Å²) in [6, 6.07) is 0.423. The van der Waals surface area contributed by atoms with Gasteiger partial charge in [0.25, 0.3) is 0 Å². The summed E-state index contributed by atoms with van der Waals surface area (Å²) < 4.78 is 0. The number of rotatable bonds is 7. The molecule has 0 aromatic heterocycles. The Morgan fingerprint density at radius 2 is 1.89 bits per heavy atom. The molecular formula is C16H31NO2. The normalized spacial score (nSPS) is 26.1. The Bertz CT molecular complexity index is 286. The topological polar surface area (TPSA) is 49.3 Å². The fourth-order valence-electron chi connectivity index (χ4n) is 3.47. The second kappa shape index (κ2) is 7.28. The number of carboxylic acid groups (broad SMARTS) is 1. The zero-order valence-electron chi connectivity index (χ0n) is 13.0. The first-order valence-electron chi connectivity index (χ1n) is 7.93. The molecule has 0 bridgehead atoms. The van der Waals surface area contributed by atoms with Crippen molar-refractivity contribution in [2.24, 2.45) is 17.3 Å². The second-order valence-corrected chi connectivity index (χ2v) is 6.39. The third-order valence-corrected chi connectivity index (χ3v) is 5.39. The highest BCUT2D eigenvalue weighted by Gasteiger charge is 2.36. The minimum Gasteiger partial charge on any atom is -0.481 e. The van der Waals surface area contributed by atoms with E-state index in [0.717, 1.165) is 5.92 Å². The third-order valence-electron chi connectivity index (χ3n) is 5.39. The second-order valence-electron chi connectivity index (χ2n) is 6.39. The molecular weight excluding hydrogens is 238 g/mol. The van der Waals surface area contributed by atoms with Crippen LogP contribution in [0, 0.1) is 17.3 Å². The number of hydrogen-bond acceptors (Lipinski definition) is 2. The lowest BCUT2D eigenvalue weighted by Gasteiger charge is -2.36. The molecule has 0 aromatic carbocycles. The van der Waals surface area contributed by atoms with Crippen molar-refractivity contribution in [2.45, 2.75) is 72.3 Å². The fourth-order valence-corrected chi connectivity index (χ4v) is 3.47. The van der Waals surface area contributed by atoms with Crippen molar-refractivity contribution in [1.29, 1.82) is 0 Å². The number of hydrogen-bond donors (Lipinski definition) is 2. The van der Waals surface area contributed by atoms with Gasteiger partial charge in [-0.2, -0.15) is 0 Å². The highest BCUT2D eigenvalue weighted by Crippen LogP contribution is 2.33. The maximum atomic E-state index is 11.5. The molecule has 112 valence electrons. The van der Waals surface area contributed by atoms with E-state index in [1.54, 1.807) is 0 Å². The van der Waals surface area contributed by atoms with E-state index < -0.39 is 11.4 Å². The Labute approximate surface area is 118 Å². The summed E-state index contributed by atoms with van der Waals surface area (Å²) in [5.41, 5.74) is -0.591. The van der Waals surface area contributed by atoms with Gasteiger partial charge in [0, 0.05) is 12.6 Å². The van der Waals surface area contributed by atoms with Crippen molar-refractivity contribution in [3.8, 4) is 0 Å². The minimum absolute atomic E-state index is 0.423. The first kappa shape index (κ1) is 16.5. The van der Waals surface area contributed by atoms with E-state index in [1.165, 1.54) is 25.7 Å². The van der Waals surface area contributed by atoms with Crippen LogP contribution in [0.5, 0.6) is 0 Å². The smallest absolute Gasteiger partial charge is 0.310 e. The number of nitrogens with one attached hydrogen (secondary N) is 1. The van der Waals surface area contributed by atoms with Crippen LogP contribution in [0.25, 0.3) is 0 Å². The summed E-state index contributed by atoms with van der Waals surface area (Å²) >= 11 is 0. The lowest BCUT2D eigenvalue weighted by atomic mass is 9.76. The van der Waals surface area contributed by atoms with Gasteiger partial charge in [-0.1, -0.05) is 40.0 Å². The summed E-state index contributed by atoms with van der Waals surface area (Å²) in [5, 5.41) is 13.0. The van der Waals surface area contributed by atoms with Crippen LogP contribution in [0.2, 0.25) is 0 Å². The Morgan fingerprint density at radius 3 is 2.37 bits per heavy atom. The van der Waals surface area contributed by atoms with Crippen molar-refractivity contribution in [1.82, 2.24) is 5.32 Å². The van der Waals surface area contributed by atoms with Gasteiger partial charge in [0.15, 0.2) is 0 Å². The number of aliphatic carboxylic acids is 1. The van der Waals surface area contributed by atoms with Gasteiger partial charge in [0.1, 0.15) is 0 Å². The van der Waals surface area contributed by atoms with Crippen LogP contribution < -0.4 is 5.32 Å².